The second kappa shape index (κ2) is 9.86. The highest BCUT2D eigenvalue weighted by Crippen LogP contribution is 2.54. The number of alkyl halides is 4. The number of nitrogens with one attached hydrogen (secondary N) is 2. The van der Waals surface area contributed by atoms with Crippen LogP contribution in [0.25, 0.3) is 21.2 Å². The summed E-state index contributed by atoms with van der Waals surface area (Å²) in [7, 11) is 0. The molecule has 234 valence electrons. The molecule has 0 radical (unpaired) electrons. The fourth-order valence-corrected chi connectivity index (χ4v) is 8.65. The van der Waals surface area contributed by atoms with Crippen LogP contribution in [0.2, 0.25) is 5.02 Å². The number of anilines is 2. The number of thiophene rings is 1. The lowest BCUT2D eigenvalue weighted by molar-refractivity contribution is -0.0257. The normalized spacial score (nSPS) is 26.4. The average molecular weight is 663 g/mol. The minimum absolute atomic E-state index is 0.0130. The van der Waals surface area contributed by atoms with E-state index >= 15 is 13.2 Å². The Balaban J connectivity index is 1.28. The summed E-state index contributed by atoms with van der Waals surface area (Å²) in [4.78, 5) is 2.06. The number of nitrogens with two attached hydrogens (primary N) is 1. The molecule has 0 bridgehead atoms. The maximum atomic E-state index is 16.6. The lowest BCUT2D eigenvalue weighted by Crippen LogP contribution is -2.51. The van der Waals surface area contributed by atoms with E-state index in [0.717, 1.165) is 36.8 Å². The van der Waals surface area contributed by atoms with Crippen LogP contribution in [0.5, 0.6) is 11.5 Å². The van der Waals surface area contributed by atoms with E-state index < -0.39 is 36.2 Å². The maximum absolute atomic E-state index is 16.6. The third-order valence-corrected chi connectivity index (χ3v) is 10.6. The summed E-state index contributed by atoms with van der Waals surface area (Å²) in [6, 6.07) is 7.29. The number of nitrogens with zero attached hydrogens (tertiary/aromatic N) is 3. The monoisotopic (exact) mass is 662 g/mol. The lowest BCUT2D eigenvalue weighted by Gasteiger charge is -2.35. The van der Waals surface area contributed by atoms with Gasteiger partial charge in [-0.1, -0.05) is 17.7 Å². The van der Waals surface area contributed by atoms with Gasteiger partial charge in [0.2, 0.25) is 0 Å². The van der Waals surface area contributed by atoms with E-state index in [1.165, 1.54) is 29.0 Å². The van der Waals surface area contributed by atoms with Crippen molar-refractivity contribution in [2.75, 3.05) is 30.7 Å². The van der Waals surface area contributed by atoms with Crippen molar-refractivity contribution in [1.82, 2.24) is 14.8 Å². The van der Waals surface area contributed by atoms with Crippen LogP contribution in [0, 0.1) is 17.1 Å². The van der Waals surface area contributed by atoms with Crippen molar-refractivity contribution in [3.05, 3.63) is 58.1 Å². The highest BCUT2D eigenvalue weighted by atomic mass is 35.5. The molecule has 15 heteroatoms. The third-order valence-electron chi connectivity index (χ3n) is 9.24. The number of rotatable bonds is 4. The Labute approximate surface area is 262 Å². The van der Waals surface area contributed by atoms with E-state index in [2.05, 4.69) is 15.5 Å². The summed E-state index contributed by atoms with van der Waals surface area (Å²) in [6.45, 7) is 1.16. The van der Waals surface area contributed by atoms with Gasteiger partial charge in [0.15, 0.2) is 11.5 Å². The predicted molar refractivity (Wildman–Crippen MR) is 159 cm³/mol. The van der Waals surface area contributed by atoms with Crippen LogP contribution in [0.4, 0.5) is 32.6 Å². The molecule has 0 amide bonds. The average Bonchev–Trinajstić information content (AvgIpc) is 3.69. The minimum Gasteiger partial charge on any atom is -0.488 e. The fraction of sp³-hybridized carbons (Fsp3) is 0.367. The first-order valence-electron chi connectivity index (χ1n) is 14.2. The molecule has 2 aromatic heterocycles. The summed E-state index contributed by atoms with van der Waals surface area (Å²) in [5, 5.41) is 14.3. The van der Waals surface area contributed by atoms with Crippen LogP contribution in [-0.4, -0.2) is 47.0 Å². The number of benzene rings is 2. The van der Waals surface area contributed by atoms with Crippen molar-refractivity contribution in [1.29, 1.82) is 5.26 Å². The van der Waals surface area contributed by atoms with Crippen molar-refractivity contribution in [2.24, 2.45) is 0 Å². The van der Waals surface area contributed by atoms with E-state index in [4.69, 9.17) is 26.8 Å². The summed E-state index contributed by atoms with van der Waals surface area (Å²) < 4.78 is 89.3. The molecule has 8 rings (SSSR count). The van der Waals surface area contributed by atoms with Crippen LogP contribution in [0.15, 0.2) is 30.5 Å². The molecule has 2 aromatic carbocycles. The van der Waals surface area contributed by atoms with Gasteiger partial charge in [-0.15, -0.1) is 11.3 Å². The molecule has 2 saturated heterocycles. The standard InChI is InChI=1S/C30H24ClF5N6O2S/c31-16-11-42-23(21(16)14-2-3-17(33)25-20(14)15(9-37)27(38)45-25)26(34)44-24-19(5-4-18-22(24)28(42)40-30(35,36)39-18)43-12-29-6-1-7-41(29)10-13(32)8-29/h2-5,11,13,26,28,39-40H,1,6-8,10,12,38H2/t13-,26?,28+,29+/m1/s1. The van der Waals surface area contributed by atoms with Gasteiger partial charge in [0, 0.05) is 30.1 Å². The molecule has 0 saturated carbocycles. The van der Waals surface area contributed by atoms with Crippen molar-refractivity contribution < 1.29 is 31.4 Å². The van der Waals surface area contributed by atoms with Crippen molar-refractivity contribution >= 4 is 43.7 Å². The molecule has 0 aliphatic carbocycles. The van der Waals surface area contributed by atoms with Gasteiger partial charge in [-0.3, -0.25) is 4.90 Å². The molecule has 0 spiro atoms. The first kappa shape index (κ1) is 28.7. The van der Waals surface area contributed by atoms with Crippen LogP contribution in [-0.2, 0) is 0 Å². The zero-order chi connectivity index (χ0) is 31.4. The SMILES string of the molecule is N#Cc1c(N)sc2c(F)ccc(-c3c(Cl)cn4c3C(F)Oc3c(OC[C@@]56CCCN5C[C@H](F)C6)ccc5c3[C@H]4NC(F)(F)N5)c12. The fourth-order valence-electron chi connectivity index (χ4n) is 7.40. The molecule has 4 N–H and O–H groups in total. The number of halogens is 6. The largest absolute Gasteiger partial charge is 0.488 e. The molecule has 8 nitrogen and oxygen atoms in total. The number of nitriles is 1. The Kier molecular flexibility index (Phi) is 6.29. The van der Waals surface area contributed by atoms with Gasteiger partial charge < -0.3 is 25.1 Å². The first-order chi connectivity index (χ1) is 21.5. The highest BCUT2D eigenvalue weighted by Gasteiger charge is 2.50. The molecule has 4 aliphatic rings. The maximum Gasteiger partial charge on any atom is 0.388 e. The van der Waals surface area contributed by atoms with Gasteiger partial charge >= 0.3 is 6.17 Å². The Morgan fingerprint density at radius 3 is 2.87 bits per heavy atom. The van der Waals surface area contributed by atoms with Crippen molar-refractivity contribution in [2.45, 2.75) is 49.7 Å². The Morgan fingerprint density at radius 2 is 2.07 bits per heavy atom. The van der Waals surface area contributed by atoms with E-state index in [-0.39, 0.29) is 71.9 Å². The number of aromatic nitrogens is 1. The van der Waals surface area contributed by atoms with Crippen LogP contribution < -0.4 is 25.8 Å². The molecule has 2 fully saturated rings. The topological polar surface area (TPSA) is 100 Å². The Bertz CT molecular complexity index is 1940. The first-order valence-corrected chi connectivity index (χ1v) is 15.4. The minimum atomic E-state index is -3.62. The van der Waals surface area contributed by atoms with E-state index in [9.17, 15) is 14.0 Å². The molecular formula is C30H24ClF5N6O2S. The quantitative estimate of drug-likeness (QED) is 0.159. The molecular weight excluding hydrogens is 639 g/mol. The van der Waals surface area contributed by atoms with Gasteiger partial charge in [0.1, 0.15) is 41.5 Å². The van der Waals surface area contributed by atoms with Crippen LogP contribution >= 0.6 is 22.9 Å². The van der Waals surface area contributed by atoms with Crippen molar-refractivity contribution in [3.8, 4) is 28.7 Å². The van der Waals surface area contributed by atoms with E-state index in [1.54, 1.807) is 0 Å². The smallest absolute Gasteiger partial charge is 0.388 e. The molecule has 45 heavy (non-hydrogen) atoms. The van der Waals surface area contributed by atoms with Crippen LogP contribution in [0.3, 0.4) is 0 Å². The third kappa shape index (κ3) is 4.21. The van der Waals surface area contributed by atoms with E-state index in [0.29, 0.717) is 13.0 Å². The number of hydrogen-bond donors (Lipinski definition) is 3. The zero-order valence-electron chi connectivity index (χ0n) is 23.3. The molecule has 4 aromatic rings. The lowest BCUT2D eigenvalue weighted by atomic mass is 9.95. The Hall–Kier alpha value is -3.77. The van der Waals surface area contributed by atoms with Gasteiger partial charge in [-0.2, -0.15) is 18.4 Å². The second-order valence-corrected chi connectivity index (χ2v) is 13.3. The molecule has 4 atom stereocenters. The second-order valence-electron chi connectivity index (χ2n) is 11.8. The Morgan fingerprint density at radius 1 is 1.24 bits per heavy atom. The number of hydrogen-bond acceptors (Lipinski definition) is 8. The summed E-state index contributed by atoms with van der Waals surface area (Å²) in [5.41, 5.74) is 5.60. The molecule has 1 unspecified atom stereocenters. The number of ether oxygens (including phenoxy) is 2. The number of nitrogen functional groups attached to an aromatic ring is 1. The number of fused-ring (bicyclic) bond motifs is 4. The predicted octanol–water partition coefficient (Wildman–Crippen LogP) is 7.04. The molecule has 4 aliphatic heterocycles. The molecule has 6 heterocycles. The van der Waals surface area contributed by atoms with Gasteiger partial charge in [0.25, 0.3) is 6.36 Å². The van der Waals surface area contributed by atoms with Crippen molar-refractivity contribution in [3.63, 3.8) is 0 Å². The van der Waals surface area contributed by atoms with Gasteiger partial charge in [-0.05, 0) is 43.1 Å². The van der Waals surface area contributed by atoms with Gasteiger partial charge in [0.05, 0.1) is 32.1 Å². The zero-order valence-corrected chi connectivity index (χ0v) is 24.8. The highest BCUT2D eigenvalue weighted by molar-refractivity contribution is 7.23. The summed E-state index contributed by atoms with van der Waals surface area (Å²) in [5.74, 6) is -0.635. The van der Waals surface area contributed by atoms with Gasteiger partial charge in [-0.25, -0.2) is 14.1 Å². The summed E-state index contributed by atoms with van der Waals surface area (Å²) >= 11 is 7.55. The van der Waals surface area contributed by atoms with Crippen LogP contribution in [0.1, 0.15) is 48.6 Å². The van der Waals surface area contributed by atoms with E-state index in [1.807, 2.05) is 6.07 Å². The summed E-state index contributed by atoms with van der Waals surface area (Å²) in [6.07, 6.45) is -5.06.